The lowest BCUT2D eigenvalue weighted by Gasteiger charge is -2.13. The summed E-state index contributed by atoms with van der Waals surface area (Å²) in [5, 5.41) is 7.40. The summed E-state index contributed by atoms with van der Waals surface area (Å²) in [6.45, 7) is 5.75. The number of amides is 3. The second-order valence-corrected chi connectivity index (χ2v) is 6.63. The molecule has 8 nitrogen and oxygen atoms in total. The van der Waals surface area contributed by atoms with Gasteiger partial charge in [-0.2, -0.15) is 0 Å². The highest BCUT2D eigenvalue weighted by Crippen LogP contribution is 2.16. The number of carbonyl (C=O) groups is 3. The number of esters is 1. The zero-order valence-electron chi connectivity index (χ0n) is 15.3. The molecule has 2 aromatic rings. The summed E-state index contributed by atoms with van der Waals surface area (Å²) >= 11 is 1.55. The summed E-state index contributed by atoms with van der Waals surface area (Å²) in [7, 11) is 0. The quantitative estimate of drug-likeness (QED) is 0.702. The Hall–Kier alpha value is -2.94. The molecule has 9 heteroatoms. The van der Waals surface area contributed by atoms with E-state index in [1.54, 1.807) is 42.5 Å². The van der Waals surface area contributed by atoms with Crippen molar-refractivity contribution in [2.45, 2.75) is 33.5 Å². The first kappa shape index (κ1) is 20.4. The Morgan fingerprint density at radius 3 is 2.52 bits per heavy atom. The molecule has 1 heterocycles. The first-order chi connectivity index (χ1) is 12.9. The molecule has 144 valence electrons. The molecule has 1 aromatic carbocycles. The van der Waals surface area contributed by atoms with E-state index in [2.05, 4.69) is 15.6 Å². The van der Waals surface area contributed by atoms with Gasteiger partial charge >= 0.3 is 12.0 Å². The minimum atomic E-state index is -1.11. The van der Waals surface area contributed by atoms with Gasteiger partial charge in [0.25, 0.3) is 5.91 Å². The Labute approximate surface area is 160 Å². The predicted octanol–water partition coefficient (Wildman–Crippen LogP) is 2.42. The summed E-state index contributed by atoms with van der Waals surface area (Å²) in [6, 6.07) is 5.71. The minimum absolute atomic E-state index is 0.268. The highest BCUT2D eigenvalue weighted by molar-refractivity contribution is 7.09. The van der Waals surface area contributed by atoms with E-state index in [9.17, 15) is 14.4 Å². The Balaban J connectivity index is 1.85. The molecule has 3 amide bonds. The van der Waals surface area contributed by atoms with Crippen LogP contribution in [0.25, 0.3) is 0 Å². The normalized spacial score (nSPS) is 11.4. The second kappa shape index (κ2) is 9.67. The molecule has 0 spiro atoms. The van der Waals surface area contributed by atoms with E-state index < -0.39 is 24.0 Å². The fourth-order valence-corrected chi connectivity index (χ4v) is 2.62. The molecular weight excluding hydrogens is 370 g/mol. The summed E-state index contributed by atoms with van der Waals surface area (Å²) in [6.07, 6.45) is -1.11. The number of thiazole rings is 1. The fourth-order valence-electron chi connectivity index (χ4n) is 2.02. The number of hydrogen-bond donors (Lipinski definition) is 2. The van der Waals surface area contributed by atoms with E-state index in [4.69, 9.17) is 9.47 Å². The lowest BCUT2D eigenvalue weighted by atomic mass is 10.2. The van der Waals surface area contributed by atoms with Gasteiger partial charge in [-0.05, 0) is 45.0 Å². The molecule has 0 saturated carbocycles. The molecule has 1 atom stereocenters. The van der Waals surface area contributed by atoms with Crippen LogP contribution >= 0.6 is 11.3 Å². The van der Waals surface area contributed by atoms with E-state index in [0.29, 0.717) is 18.9 Å². The number of imide groups is 1. The van der Waals surface area contributed by atoms with Crippen molar-refractivity contribution in [1.82, 2.24) is 15.6 Å². The minimum Gasteiger partial charge on any atom is -0.487 e. The predicted molar refractivity (Wildman–Crippen MR) is 99.7 cm³/mol. The van der Waals surface area contributed by atoms with Crippen molar-refractivity contribution in [3.8, 4) is 5.75 Å². The van der Waals surface area contributed by atoms with Gasteiger partial charge in [0.15, 0.2) is 6.10 Å². The monoisotopic (exact) mass is 391 g/mol. The molecule has 0 aliphatic rings. The fraction of sp³-hybridized carbons (Fsp3) is 0.333. The zero-order valence-corrected chi connectivity index (χ0v) is 16.1. The van der Waals surface area contributed by atoms with Crippen LogP contribution in [0.5, 0.6) is 5.75 Å². The summed E-state index contributed by atoms with van der Waals surface area (Å²) < 4.78 is 10.7. The number of benzene rings is 1. The molecule has 2 N–H and O–H groups in total. The Bertz CT molecular complexity index is 804. The van der Waals surface area contributed by atoms with Crippen molar-refractivity contribution in [3.05, 3.63) is 45.9 Å². The third-order valence-electron chi connectivity index (χ3n) is 3.37. The second-order valence-electron chi connectivity index (χ2n) is 5.57. The van der Waals surface area contributed by atoms with E-state index in [1.807, 2.05) is 12.3 Å². The maximum absolute atomic E-state index is 12.1. The van der Waals surface area contributed by atoms with Crippen LogP contribution in [0.15, 0.2) is 29.6 Å². The van der Waals surface area contributed by atoms with Crippen molar-refractivity contribution >= 4 is 29.2 Å². The first-order valence-electron chi connectivity index (χ1n) is 8.32. The molecular formula is C18H21N3O5S. The maximum Gasteiger partial charge on any atom is 0.338 e. The van der Waals surface area contributed by atoms with Crippen LogP contribution in [0, 0.1) is 6.92 Å². The van der Waals surface area contributed by atoms with Gasteiger partial charge in [0, 0.05) is 11.9 Å². The number of rotatable bonds is 7. The average Bonchev–Trinajstić information content (AvgIpc) is 3.05. The number of carbonyl (C=O) groups excluding carboxylic acids is 3. The number of aromatic nitrogens is 1. The third-order valence-corrected chi connectivity index (χ3v) is 4.19. The number of hydrogen-bond acceptors (Lipinski definition) is 7. The zero-order chi connectivity index (χ0) is 19.8. The Morgan fingerprint density at radius 2 is 1.93 bits per heavy atom. The summed E-state index contributed by atoms with van der Waals surface area (Å²) in [4.78, 5) is 39.5. The van der Waals surface area contributed by atoms with E-state index in [1.165, 1.54) is 6.92 Å². The molecule has 0 fully saturated rings. The van der Waals surface area contributed by atoms with Crippen LogP contribution in [-0.2, 0) is 16.1 Å². The standard InChI is InChI=1S/C18H21N3O5S/c1-4-19-18(24)21-16(22)11(2)26-17(23)13-5-7-15(8-6-13)25-9-14-10-27-12(3)20-14/h5-8,10-11H,4,9H2,1-3H3,(H2,19,21,22,24). The van der Waals surface area contributed by atoms with Gasteiger partial charge in [-0.1, -0.05) is 0 Å². The van der Waals surface area contributed by atoms with Crippen LogP contribution in [0.1, 0.15) is 34.9 Å². The number of ether oxygens (including phenoxy) is 2. The van der Waals surface area contributed by atoms with E-state index >= 15 is 0 Å². The van der Waals surface area contributed by atoms with E-state index in [0.717, 1.165) is 10.7 Å². The van der Waals surface area contributed by atoms with Gasteiger partial charge in [0.05, 0.1) is 16.3 Å². The number of urea groups is 1. The number of aryl methyl sites for hydroxylation is 1. The largest absolute Gasteiger partial charge is 0.487 e. The van der Waals surface area contributed by atoms with Crippen LogP contribution in [0.2, 0.25) is 0 Å². The first-order valence-corrected chi connectivity index (χ1v) is 9.20. The molecule has 1 aromatic heterocycles. The maximum atomic E-state index is 12.1. The van der Waals surface area contributed by atoms with Crippen LogP contribution in [0.4, 0.5) is 4.79 Å². The molecule has 0 aliphatic carbocycles. The van der Waals surface area contributed by atoms with Crippen molar-refractivity contribution < 1.29 is 23.9 Å². The van der Waals surface area contributed by atoms with Gasteiger partial charge in [-0.3, -0.25) is 10.1 Å². The van der Waals surface area contributed by atoms with Crippen molar-refractivity contribution in [2.75, 3.05) is 6.54 Å². The third kappa shape index (κ3) is 6.37. The van der Waals surface area contributed by atoms with E-state index in [-0.39, 0.29) is 5.56 Å². The highest BCUT2D eigenvalue weighted by Gasteiger charge is 2.20. The van der Waals surface area contributed by atoms with Crippen LogP contribution in [-0.4, -0.2) is 35.5 Å². The molecule has 1 unspecified atom stereocenters. The molecule has 0 bridgehead atoms. The Morgan fingerprint density at radius 1 is 1.22 bits per heavy atom. The number of nitrogens with one attached hydrogen (secondary N) is 2. The lowest BCUT2D eigenvalue weighted by Crippen LogP contribution is -2.44. The van der Waals surface area contributed by atoms with Crippen molar-refractivity contribution in [3.63, 3.8) is 0 Å². The van der Waals surface area contributed by atoms with Gasteiger partial charge in [-0.25, -0.2) is 14.6 Å². The Kier molecular flexibility index (Phi) is 7.30. The van der Waals surface area contributed by atoms with Crippen LogP contribution < -0.4 is 15.4 Å². The smallest absolute Gasteiger partial charge is 0.338 e. The van der Waals surface area contributed by atoms with Gasteiger partial charge in [-0.15, -0.1) is 11.3 Å². The molecule has 0 saturated heterocycles. The van der Waals surface area contributed by atoms with Gasteiger partial charge in [0.2, 0.25) is 0 Å². The lowest BCUT2D eigenvalue weighted by molar-refractivity contribution is -0.127. The molecule has 2 rings (SSSR count). The molecule has 0 aliphatic heterocycles. The topological polar surface area (TPSA) is 107 Å². The van der Waals surface area contributed by atoms with Crippen molar-refractivity contribution in [2.24, 2.45) is 0 Å². The van der Waals surface area contributed by atoms with Crippen molar-refractivity contribution in [1.29, 1.82) is 0 Å². The highest BCUT2D eigenvalue weighted by atomic mass is 32.1. The molecule has 27 heavy (non-hydrogen) atoms. The SMILES string of the molecule is CCNC(=O)NC(=O)C(C)OC(=O)c1ccc(OCc2csc(C)n2)cc1. The summed E-state index contributed by atoms with van der Waals surface area (Å²) in [5.41, 5.74) is 1.11. The molecule has 0 radical (unpaired) electrons. The van der Waals surface area contributed by atoms with Gasteiger partial charge in [0.1, 0.15) is 12.4 Å². The average molecular weight is 391 g/mol. The number of nitrogens with zero attached hydrogens (tertiary/aromatic N) is 1. The van der Waals surface area contributed by atoms with Crippen LogP contribution in [0.3, 0.4) is 0 Å². The van der Waals surface area contributed by atoms with Gasteiger partial charge < -0.3 is 14.8 Å². The summed E-state index contributed by atoms with van der Waals surface area (Å²) in [5.74, 6) is -0.790.